The van der Waals surface area contributed by atoms with Crippen molar-refractivity contribution in [3.63, 3.8) is 0 Å². The minimum absolute atomic E-state index is 0.0416. The molecule has 2 aliphatic carbocycles. The fourth-order valence-electron chi connectivity index (χ4n) is 4.64. The molecule has 2 saturated carbocycles. The molecule has 0 saturated heterocycles. The summed E-state index contributed by atoms with van der Waals surface area (Å²) in [6.45, 7) is 1.81. The molecule has 2 fully saturated rings. The van der Waals surface area contributed by atoms with Crippen molar-refractivity contribution in [1.82, 2.24) is 0 Å². The summed E-state index contributed by atoms with van der Waals surface area (Å²) >= 11 is 0. The molecule has 0 N–H and O–H groups in total. The first-order valence-electron chi connectivity index (χ1n) is 10.6. The predicted molar refractivity (Wildman–Crippen MR) is 109 cm³/mol. The van der Waals surface area contributed by atoms with Gasteiger partial charge in [-0.1, -0.05) is 6.08 Å². The Morgan fingerprint density at radius 3 is 2.10 bits per heavy atom. The highest BCUT2D eigenvalue weighted by atomic mass is 16.5. The molecule has 0 amide bonds. The topological polar surface area (TPSA) is 76.4 Å². The van der Waals surface area contributed by atoms with E-state index in [0.717, 1.165) is 51.4 Å². The third-order valence-corrected chi connectivity index (χ3v) is 6.28. The molecule has 1 aromatic rings. The van der Waals surface area contributed by atoms with Crippen LogP contribution >= 0.6 is 0 Å². The van der Waals surface area contributed by atoms with E-state index in [1.165, 1.54) is 6.08 Å². The molecule has 0 aromatic heterocycles. The first-order chi connectivity index (χ1) is 14.1. The number of allylic oxidation sites excluding steroid dienone is 1. The third-order valence-electron chi connectivity index (χ3n) is 6.28. The minimum Gasteiger partial charge on any atom is -0.459 e. The van der Waals surface area contributed by atoms with Gasteiger partial charge < -0.3 is 9.47 Å². The van der Waals surface area contributed by atoms with E-state index in [0.29, 0.717) is 23.1 Å². The Morgan fingerprint density at radius 2 is 1.55 bits per heavy atom. The van der Waals surface area contributed by atoms with Crippen LogP contribution in [0.5, 0.6) is 5.75 Å². The van der Waals surface area contributed by atoms with Crippen LogP contribution in [-0.2, 0) is 14.3 Å². The lowest BCUT2D eigenvalue weighted by atomic mass is 9.70. The first-order valence-corrected chi connectivity index (χ1v) is 10.6. The molecule has 5 nitrogen and oxygen atoms in total. The van der Waals surface area contributed by atoms with E-state index >= 15 is 0 Å². The number of rotatable bonds is 5. The summed E-state index contributed by atoms with van der Waals surface area (Å²) in [5.41, 5.74) is 0.552. The molecule has 0 radical (unpaired) electrons. The summed E-state index contributed by atoms with van der Waals surface area (Å²) in [5, 5.41) is 8.84. The SMILES string of the molecule is CC=CC(=O)O[C@H]1CC[C@H]([C@H]2CC[C@H](C(=O)Oc3ccc(C#N)cc3)CC2)CC1. The average Bonchev–Trinajstić information content (AvgIpc) is 2.75. The van der Waals surface area contributed by atoms with Gasteiger partial charge in [0.25, 0.3) is 0 Å². The number of ether oxygens (including phenoxy) is 2. The molecule has 29 heavy (non-hydrogen) atoms. The smallest absolute Gasteiger partial charge is 0.330 e. The quantitative estimate of drug-likeness (QED) is 0.401. The third kappa shape index (κ3) is 5.93. The maximum absolute atomic E-state index is 12.5. The van der Waals surface area contributed by atoms with Gasteiger partial charge in [-0.25, -0.2) is 4.79 Å². The molecule has 0 unspecified atom stereocenters. The molecule has 0 bridgehead atoms. The van der Waals surface area contributed by atoms with Crippen molar-refractivity contribution in [3.8, 4) is 11.8 Å². The van der Waals surface area contributed by atoms with Gasteiger partial charge >= 0.3 is 11.9 Å². The van der Waals surface area contributed by atoms with Crippen molar-refractivity contribution >= 4 is 11.9 Å². The largest absolute Gasteiger partial charge is 0.459 e. The Labute approximate surface area is 172 Å². The van der Waals surface area contributed by atoms with Gasteiger partial charge in [0.15, 0.2) is 0 Å². The molecule has 154 valence electrons. The maximum Gasteiger partial charge on any atom is 0.330 e. The fourth-order valence-corrected chi connectivity index (χ4v) is 4.64. The van der Waals surface area contributed by atoms with Gasteiger partial charge in [0.1, 0.15) is 11.9 Å². The van der Waals surface area contributed by atoms with Crippen LogP contribution < -0.4 is 4.74 Å². The molecular formula is C24H29NO4. The van der Waals surface area contributed by atoms with E-state index in [1.807, 2.05) is 6.92 Å². The molecule has 1 aromatic carbocycles. The van der Waals surface area contributed by atoms with Crippen LogP contribution in [0, 0.1) is 29.1 Å². The number of nitriles is 1. The molecule has 0 atom stereocenters. The highest BCUT2D eigenvalue weighted by Crippen LogP contribution is 2.40. The Bertz CT molecular complexity index is 761. The van der Waals surface area contributed by atoms with Gasteiger partial charge in [0.05, 0.1) is 17.6 Å². The van der Waals surface area contributed by atoms with Gasteiger partial charge in [-0.3, -0.25) is 4.79 Å². The van der Waals surface area contributed by atoms with Crippen molar-refractivity contribution in [3.05, 3.63) is 42.0 Å². The lowest BCUT2D eigenvalue weighted by Crippen LogP contribution is -2.31. The van der Waals surface area contributed by atoms with E-state index < -0.39 is 0 Å². The molecule has 5 heteroatoms. The Balaban J connectivity index is 1.40. The van der Waals surface area contributed by atoms with Crippen LogP contribution in [0.2, 0.25) is 0 Å². The maximum atomic E-state index is 12.5. The Hall–Kier alpha value is -2.61. The summed E-state index contributed by atoms with van der Waals surface area (Å²) < 4.78 is 11.0. The van der Waals surface area contributed by atoms with E-state index in [2.05, 4.69) is 6.07 Å². The van der Waals surface area contributed by atoms with E-state index in [4.69, 9.17) is 14.7 Å². The van der Waals surface area contributed by atoms with Crippen LogP contribution in [0.4, 0.5) is 0 Å². The number of esters is 2. The fraction of sp³-hybridized carbons (Fsp3) is 0.542. The van der Waals surface area contributed by atoms with Crippen molar-refractivity contribution in [2.75, 3.05) is 0 Å². The van der Waals surface area contributed by atoms with Gasteiger partial charge in [-0.2, -0.15) is 5.26 Å². The molecular weight excluding hydrogens is 366 g/mol. The zero-order valence-electron chi connectivity index (χ0n) is 17.0. The lowest BCUT2D eigenvalue weighted by molar-refractivity contribution is -0.145. The summed E-state index contributed by atoms with van der Waals surface area (Å²) in [4.78, 5) is 24.1. The van der Waals surface area contributed by atoms with Gasteiger partial charge in [0, 0.05) is 6.08 Å². The number of carbonyl (C=O) groups excluding carboxylic acids is 2. The number of carbonyl (C=O) groups is 2. The monoisotopic (exact) mass is 395 g/mol. The number of benzene rings is 1. The van der Waals surface area contributed by atoms with Crippen LogP contribution in [0.15, 0.2) is 36.4 Å². The number of hydrogen-bond acceptors (Lipinski definition) is 5. The van der Waals surface area contributed by atoms with Gasteiger partial charge in [-0.05, 0) is 94.4 Å². The number of nitrogens with zero attached hydrogens (tertiary/aromatic N) is 1. The molecule has 0 spiro atoms. The van der Waals surface area contributed by atoms with Gasteiger partial charge in [-0.15, -0.1) is 0 Å². The first kappa shape index (κ1) is 21.1. The van der Waals surface area contributed by atoms with Gasteiger partial charge in [0.2, 0.25) is 0 Å². The standard InChI is InChI=1S/C24H29NO4/c1-2-3-23(26)28-21-14-10-19(11-15-21)18-6-8-20(9-7-18)24(27)29-22-12-4-17(16-25)5-13-22/h2-5,12-13,18-21H,6-11,14-15H2,1H3/t18-,19-,20-,21-. The summed E-state index contributed by atoms with van der Waals surface area (Å²) in [6, 6.07) is 8.71. The second-order valence-electron chi connectivity index (χ2n) is 8.14. The van der Waals surface area contributed by atoms with Crippen LogP contribution in [0.25, 0.3) is 0 Å². The second-order valence-corrected chi connectivity index (χ2v) is 8.14. The minimum atomic E-state index is -0.239. The van der Waals surface area contributed by atoms with Crippen LogP contribution in [0.3, 0.4) is 0 Å². The van der Waals surface area contributed by atoms with Crippen molar-refractivity contribution in [2.45, 2.75) is 64.4 Å². The Morgan fingerprint density at radius 1 is 0.966 bits per heavy atom. The normalized spacial score (nSPS) is 27.2. The van der Waals surface area contributed by atoms with Crippen molar-refractivity contribution in [2.24, 2.45) is 17.8 Å². The summed E-state index contributed by atoms with van der Waals surface area (Å²) in [5.74, 6) is 1.38. The highest BCUT2D eigenvalue weighted by molar-refractivity contribution is 5.81. The molecule has 3 rings (SSSR count). The van der Waals surface area contributed by atoms with Crippen LogP contribution in [0.1, 0.15) is 63.9 Å². The summed E-state index contributed by atoms with van der Waals surface area (Å²) in [7, 11) is 0. The van der Waals surface area contributed by atoms with Crippen LogP contribution in [-0.4, -0.2) is 18.0 Å². The second kappa shape index (κ2) is 10.2. The predicted octanol–water partition coefficient (Wildman–Crippen LogP) is 4.95. The zero-order valence-corrected chi connectivity index (χ0v) is 17.0. The van der Waals surface area contributed by atoms with E-state index in [9.17, 15) is 9.59 Å². The van der Waals surface area contributed by atoms with Crippen molar-refractivity contribution < 1.29 is 19.1 Å². The Kier molecular flexibility index (Phi) is 7.46. The lowest BCUT2D eigenvalue weighted by Gasteiger charge is -2.37. The molecule has 0 aliphatic heterocycles. The summed E-state index contributed by atoms with van der Waals surface area (Å²) in [6.07, 6.45) is 11.2. The molecule has 0 heterocycles. The highest BCUT2D eigenvalue weighted by Gasteiger charge is 2.34. The molecule has 2 aliphatic rings. The zero-order chi connectivity index (χ0) is 20.6. The van der Waals surface area contributed by atoms with E-state index in [1.54, 1.807) is 30.3 Å². The van der Waals surface area contributed by atoms with Crippen molar-refractivity contribution in [1.29, 1.82) is 5.26 Å². The van der Waals surface area contributed by atoms with E-state index in [-0.39, 0.29) is 24.0 Å². The number of hydrogen-bond donors (Lipinski definition) is 0. The average molecular weight is 395 g/mol.